The highest BCUT2D eigenvalue weighted by molar-refractivity contribution is 5.99. The summed E-state index contributed by atoms with van der Waals surface area (Å²) in [6.45, 7) is 3.91. The molecule has 0 bridgehead atoms. The SMILES string of the molecule is CC(C)Cc1ccn(C(NC=O)C(=O)c2ccc(C(F)(F)F)cc2)c(=O)n1. The molecule has 0 spiro atoms. The number of alkyl halides is 3. The Morgan fingerprint density at radius 1 is 1.22 bits per heavy atom. The van der Waals surface area contributed by atoms with E-state index in [1.165, 1.54) is 6.20 Å². The lowest BCUT2D eigenvalue weighted by molar-refractivity contribution is -0.137. The summed E-state index contributed by atoms with van der Waals surface area (Å²) in [6.07, 6.45) is -3.81. The monoisotopic (exact) mass is 381 g/mol. The summed E-state index contributed by atoms with van der Waals surface area (Å²) >= 11 is 0. The first-order valence-electron chi connectivity index (χ1n) is 8.12. The molecule has 0 saturated carbocycles. The summed E-state index contributed by atoms with van der Waals surface area (Å²) < 4.78 is 38.9. The van der Waals surface area contributed by atoms with Crippen LogP contribution in [0.15, 0.2) is 41.3 Å². The predicted molar refractivity (Wildman–Crippen MR) is 91.1 cm³/mol. The molecule has 0 aliphatic carbocycles. The van der Waals surface area contributed by atoms with Gasteiger partial charge < -0.3 is 5.32 Å². The van der Waals surface area contributed by atoms with Crippen LogP contribution in [0.25, 0.3) is 0 Å². The first kappa shape index (κ1) is 20.3. The number of hydrogen-bond donors (Lipinski definition) is 1. The number of nitrogens with zero attached hydrogens (tertiary/aromatic N) is 2. The first-order valence-corrected chi connectivity index (χ1v) is 8.12. The van der Waals surface area contributed by atoms with Gasteiger partial charge in [0.05, 0.1) is 5.56 Å². The summed E-state index contributed by atoms with van der Waals surface area (Å²) in [7, 11) is 0. The van der Waals surface area contributed by atoms with Crippen LogP contribution in [-0.4, -0.2) is 21.7 Å². The molecule has 0 fully saturated rings. The van der Waals surface area contributed by atoms with Crippen LogP contribution in [0.3, 0.4) is 0 Å². The molecule has 2 aromatic rings. The zero-order valence-electron chi connectivity index (χ0n) is 14.7. The zero-order valence-corrected chi connectivity index (χ0v) is 14.7. The van der Waals surface area contributed by atoms with Gasteiger partial charge in [-0.25, -0.2) is 4.79 Å². The van der Waals surface area contributed by atoms with Crippen LogP contribution in [0, 0.1) is 5.92 Å². The number of carbonyl (C=O) groups is 2. The fourth-order valence-electron chi connectivity index (χ4n) is 2.50. The van der Waals surface area contributed by atoms with E-state index < -0.39 is 29.4 Å². The van der Waals surface area contributed by atoms with Crippen LogP contribution in [0.4, 0.5) is 13.2 Å². The number of ketones is 1. The van der Waals surface area contributed by atoms with E-state index in [1.54, 1.807) is 6.07 Å². The molecule has 27 heavy (non-hydrogen) atoms. The second-order valence-electron chi connectivity index (χ2n) is 6.33. The van der Waals surface area contributed by atoms with Crippen LogP contribution < -0.4 is 11.0 Å². The third-order valence-corrected chi connectivity index (χ3v) is 3.75. The Morgan fingerprint density at radius 2 is 1.85 bits per heavy atom. The van der Waals surface area contributed by atoms with Gasteiger partial charge in [0.15, 0.2) is 6.17 Å². The Bertz CT molecular complexity index is 874. The summed E-state index contributed by atoms with van der Waals surface area (Å²) in [6, 6.07) is 5.07. The van der Waals surface area contributed by atoms with Crippen molar-refractivity contribution in [3.8, 4) is 0 Å². The van der Waals surface area contributed by atoms with Gasteiger partial charge in [0.2, 0.25) is 12.2 Å². The number of halogens is 3. The molecule has 1 N–H and O–H groups in total. The van der Waals surface area contributed by atoms with Gasteiger partial charge in [-0.3, -0.25) is 14.2 Å². The lowest BCUT2D eigenvalue weighted by Gasteiger charge is -2.18. The van der Waals surface area contributed by atoms with E-state index in [1.807, 2.05) is 13.8 Å². The van der Waals surface area contributed by atoms with Crippen molar-refractivity contribution in [2.24, 2.45) is 5.92 Å². The number of aromatic nitrogens is 2. The van der Waals surface area contributed by atoms with E-state index >= 15 is 0 Å². The lowest BCUT2D eigenvalue weighted by Crippen LogP contribution is -2.40. The highest BCUT2D eigenvalue weighted by atomic mass is 19.4. The van der Waals surface area contributed by atoms with Gasteiger partial charge in [-0.05, 0) is 30.5 Å². The molecule has 6 nitrogen and oxygen atoms in total. The number of benzene rings is 1. The first-order chi connectivity index (χ1) is 12.6. The molecule has 0 saturated heterocycles. The maximum atomic E-state index is 12.6. The molecule has 1 aromatic carbocycles. The number of rotatable bonds is 7. The molecule has 0 radical (unpaired) electrons. The molecular formula is C18H18F3N3O3. The van der Waals surface area contributed by atoms with Crippen molar-refractivity contribution in [2.75, 3.05) is 0 Å². The summed E-state index contributed by atoms with van der Waals surface area (Å²) in [5, 5.41) is 2.21. The molecule has 1 atom stereocenters. The maximum Gasteiger partial charge on any atom is 0.416 e. The molecular weight excluding hydrogens is 363 g/mol. The normalized spacial score (nSPS) is 12.7. The summed E-state index contributed by atoms with van der Waals surface area (Å²) in [4.78, 5) is 39.7. The van der Waals surface area contributed by atoms with Crippen molar-refractivity contribution in [2.45, 2.75) is 32.6 Å². The minimum atomic E-state index is -4.53. The van der Waals surface area contributed by atoms with Crippen LogP contribution in [0.5, 0.6) is 0 Å². The number of carbonyl (C=O) groups excluding carboxylic acids is 2. The van der Waals surface area contributed by atoms with E-state index in [-0.39, 0.29) is 17.9 Å². The average Bonchev–Trinajstić information content (AvgIpc) is 2.58. The van der Waals surface area contributed by atoms with Crippen molar-refractivity contribution in [3.63, 3.8) is 0 Å². The number of Topliss-reactive ketones (excluding diaryl/α,β-unsaturated/α-hetero) is 1. The summed E-state index contributed by atoms with van der Waals surface area (Å²) in [5.74, 6) is -0.471. The van der Waals surface area contributed by atoms with Gasteiger partial charge in [0.25, 0.3) is 0 Å². The lowest BCUT2D eigenvalue weighted by atomic mass is 10.1. The Kier molecular flexibility index (Phi) is 6.14. The Hall–Kier alpha value is -2.97. The van der Waals surface area contributed by atoms with E-state index in [0.717, 1.165) is 28.8 Å². The quantitative estimate of drug-likeness (QED) is 0.591. The smallest absolute Gasteiger partial charge is 0.331 e. The zero-order chi connectivity index (χ0) is 20.2. The van der Waals surface area contributed by atoms with E-state index in [4.69, 9.17) is 0 Å². The molecule has 144 valence electrons. The second kappa shape index (κ2) is 8.15. The van der Waals surface area contributed by atoms with Gasteiger partial charge in [0.1, 0.15) is 0 Å². The van der Waals surface area contributed by atoms with Crippen LogP contribution >= 0.6 is 0 Å². The standard InChI is InChI=1S/C18H18F3N3O3/c1-11(2)9-14-7-8-24(17(27)23-14)16(22-10-25)15(26)12-3-5-13(6-4-12)18(19,20)21/h3-8,10-11,16H,9H2,1-2H3,(H,22,25). The van der Waals surface area contributed by atoms with E-state index in [2.05, 4.69) is 10.3 Å². The van der Waals surface area contributed by atoms with Crippen molar-refractivity contribution in [1.82, 2.24) is 14.9 Å². The molecule has 2 rings (SSSR count). The Balaban J connectivity index is 2.35. The minimum absolute atomic E-state index is 0.0829. The molecule has 1 amide bonds. The molecule has 0 aliphatic heterocycles. The van der Waals surface area contributed by atoms with Gasteiger partial charge in [-0.1, -0.05) is 26.0 Å². The van der Waals surface area contributed by atoms with Gasteiger partial charge in [-0.15, -0.1) is 0 Å². The summed E-state index contributed by atoms with van der Waals surface area (Å²) in [5.41, 5.74) is -1.19. The number of hydrogen-bond acceptors (Lipinski definition) is 4. The average molecular weight is 381 g/mol. The van der Waals surface area contributed by atoms with Gasteiger partial charge in [0, 0.05) is 17.5 Å². The van der Waals surface area contributed by atoms with E-state index in [9.17, 15) is 27.6 Å². The maximum absolute atomic E-state index is 12.6. The van der Waals surface area contributed by atoms with E-state index in [0.29, 0.717) is 12.1 Å². The van der Waals surface area contributed by atoms with Crippen molar-refractivity contribution in [1.29, 1.82) is 0 Å². The highest BCUT2D eigenvalue weighted by Gasteiger charge is 2.31. The molecule has 9 heteroatoms. The highest BCUT2D eigenvalue weighted by Crippen LogP contribution is 2.29. The molecule has 0 aliphatic rings. The minimum Gasteiger partial charge on any atom is -0.331 e. The molecule has 1 aromatic heterocycles. The Labute approximate surface area is 153 Å². The molecule has 1 heterocycles. The van der Waals surface area contributed by atoms with Crippen LogP contribution in [0.2, 0.25) is 0 Å². The third kappa shape index (κ3) is 5.02. The fraction of sp³-hybridized carbons (Fsp3) is 0.333. The fourth-order valence-corrected chi connectivity index (χ4v) is 2.50. The molecule has 1 unspecified atom stereocenters. The number of nitrogens with one attached hydrogen (secondary N) is 1. The third-order valence-electron chi connectivity index (χ3n) is 3.75. The van der Waals surface area contributed by atoms with Crippen molar-refractivity contribution in [3.05, 3.63) is 63.8 Å². The predicted octanol–water partition coefficient (Wildman–Crippen LogP) is 2.59. The van der Waals surface area contributed by atoms with Crippen LogP contribution in [0.1, 0.15) is 41.6 Å². The Morgan fingerprint density at radius 3 is 2.33 bits per heavy atom. The van der Waals surface area contributed by atoms with Crippen molar-refractivity contribution >= 4 is 12.2 Å². The van der Waals surface area contributed by atoms with Gasteiger partial charge in [-0.2, -0.15) is 18.2 Å². The van der Waals surface area contributed by atoms with Gasteiger partial charge >= 0.3 is 11.9 Å². The van der Waals surface area contributed by atoms with Crippen molar-refractivity contribution < 1.29 is 22.8 Å². The van der Waals surface area contributed by atoms with Crippen LogP contribution in [-0.2, 0) is 17.4 Å². The topological polar surface area (TPSA) is 81.1 Å². The number of amides is 1. The largest absolute Gasteiger partial charge is 0.416 e. The second-order valence-corrected chi connectivity index (χ2v) is 6.33.